The maximum Gasteiger partial charge on any atom is 0.156 e. The molecule has 2 bridgehead atoms. The Morgan fingerprint density at radius 2 is 1.94 bits per heavy atom. The van der Waals surface area contributed by atoms with Crippen molar-refractivity contribution in [2.24, 2.45) is 0 Å². The van der Waals surface area contributed by atoms with E-state index in [2.05, 4.69) is 12.2 Å². The van der Waals surface area contributed by atoms with E-state index in [1.54, 1.807) is 0 Å². The zero-order chi connectivity index (χ0) is 12.8. The van der Waals surface area contributed by atoms with Crippen LogP contribution in [0.5, 0.6) is 0 Å². The second kappa shape index (κ2) is 4.46. The Morgan fingerprint density at radius 1 is 1.28 bits per heavy atom. The molecule has 3 rings (SSSR count). The summed E-state index contributed by atoms with van der Waals surface area (Å²) in [7, 11) is -2.85. The molecule has 5 heteroatoms. The molecule has 0 aromatic rings. The molecule has 0 radical (unpaired) electrons. The van der Waals surface area contributed by atoms with Gasteiger partial charge in [-0.1, -0.05) is 13.3 Å². The Morgan fingerprint density at radius 3 is 2.56 bits per heavy atom. The molecule has 3 atom stereocenters. The summed E-state index contributed by atoms with van der Waals surface area (Å²) in [4.78, 5) is 0. The fourth-order valence-electron chi connectivity index (χ4n) is 4.09. The Balaban J connectivity index is 1.87. The summed E-state index contributed by atoms with van der Waals surface area (Å²) in [6.07, 6.45) is 5.31. The minimum atomic E-state index is -2.85. The van der Waals surface area contributed by atoms with Gasteiger partial charge in [-0.15, -0.1) is 0 Å². The summed E-state index contributed by atoms with van der Waals surface area (Å²) in [6.45, 7) is 3.80. The molecule has 0 aromatic carbocycles. The Hall–Kier alpha value is -0.130. The molecule has 3 aliphatic heterocycles. The van der Waals surface area contributed by atoms with Crippen LogP contribution in [0.4, 0.5) is 0 Å². The molecule has 3 fully saturated rings. The van der Waals surface area contributed by atoms with E-state index in [-0.39, 0.29) is 16.1 Å². The van der Waals surface area contributed by atoms with Crippen LogP contribution in [0.2, 0.25) is 0 Å². The summed E-state index contributed by atoms with van der Waals surface area (Å²) in [5.74, 6) is 0. The second-order valence-corrected chi connectivity index (χ2v) is 8.54. The van der Waals surface area contributed by atoms with E-state index in [9.17, 15) is 8.42 Å². The van der Waals surface area contributed by atoms with Gasteiger partial charge in [0.25, 0.3) is 0 Å². The van der Waals surface area contributed by atoms with Crippen LogP contribution in [0, 0.1) is 0 Å². The third-order valence-corrected chi connectivity index (χ3v) is 7.64. The summed E-state index contributed by atoms with van der Waals surface area (Å²) in [6, 6.07) is 0.342. The van der Waals surface area contributed by atoms with Crippen molar-refractivity contribution in [1.82, 2.24) is 5.32 Å². The molecule has 0 aromatic heterocycles. The summed E-state index contributed by atoms with van der Waals surface area (Å²) in [5, 5.41) is 3.27. The smallest absolute Gasteiger partial charge is 0.156 e. The van der Waals surface area contributed by atoms with Crippen molar-refractivity contribution in [2.75, 3.05) is 13.2 Å². The fraction of sp³-hybridized carbons (Fsp3) is 1.00. The largest absolute Gasteiger partial charge is 0.372 e. The van der Waals surface area contributed by atoms with Crippen molar-refractivity contribution >= 4 is 9.84 Å². The highest BCUT2D eigenvalue weighted by molar-refractivity contribution is 7.93. The van der Waals surface area contributed by atoms with Gasteiger partial charge in [-0.05, 0) is 32.1 Å². The minimum Gasteiger partial charge on any atom is -0.372 e. The fourth-order valence-corrected chi connectivity index (χ4v) is 6.60. The first-order valence-electron chi connectivity index (χ1n) is 7.18. The zero-order valence-electron chi connectivity index (χ0n) is 11.0. The van der Waals surface area contributed by atoms with Gasteiger partial charge < -0.3 is 10.1 Å². The lowest BCUT2D eigenvalue weighted by molar-refractivity contribution is -0.109. The van der Waals surface area contributed by atoms with Gasteiger partial charge in [0.1, 0.15) is 0 Å². The predicted octanol–water partition coefficient (Wildman–Crippen LogP) is 1.25. The first-order chi connectivity index (χ1) is 8.58. The van der Waals surface area contributed by atoms with Gasteiger partial charge >= 0.3 is 0 Å². The van der Waals surface area contributed by atoms with Crippen LogP contribution in [0.1, 0.15) is 45.4 Å². The van der Waals surface area contributed by atoms with Gasteiger partial charge in [-0.2, -0.15) is 0 Å². The van der Waals surface area contributed by atoms with Crippen molar-refractivity contribution in [3.63, 3.8) is 0 Å². The van der Waals surface area contributed by atoms with Gasteiger partial charge in [0.2, 0.25) is 0 Å². The third-order valence-electron chi connectivity index (χ3n) is 4.98. The second-order valence-electron chi connectivity index (χ2n) is 6.03. The molecule has 104 valence electrons. The predicted molar refractivity (Wildman–Crippen MR) is 70.3 cm³/mol. The first-order valence-corrected chi connectivity index (χ1v) is 8.79. The maximum absolute atomic E-state index is 12.2. The van der Waals surface area contributed by atoms with Crippen molar-refractivity contribution in [3.05, 3.63) is 0 Å². The van der Waals surface area contributed by atoms with E-state index < -0.39 is 9.84 Å². The molecule has 3 saturated heterocycles. The lowest BCUT2D eigenvalue weighted by Crippen LogP contribution is -2.62. The molecule has 1 spiro atoms. The summed E-state index contributed by atoms with van der Waals surface area (Å²) < 4.78 is 30.5. The van der Waals surface area contributed by atoms with Crippen LogP contribution >= 0.6 is 0 Å². The molecular formula is C13H23NO3S. The van der Waals surface area contributed by atoms with Crippen LogP contribution in [0.3, 0.4) is 0 Å². The van der Waals surface area contributed by atoms with Crippen molar-refractivity contribution in [2.45, 2.75) is 67.6 Å². The van der Waals surface area contributed by atoms with E-state index in [1.165, 1.54) is 0 Å². The number of hydrogen-bond acceptors (Lipinski definition) is 4. The minimum absolute atomic E-state index is 0.143. The first kappa shape index (κ1) is 12.9. The molecule has 1 N–H and O–H groups in total. The SMILES string of the molecule is CCCC1NCCOC12CC1CCC(C2)S1(=O)=O. The molecule has 0 saturated carbocycles. The van der Waals surface area contributed by atoms with Gasteiger partial charge in [0.05, 0.1) is 22.7 Å². The monoisotopic (exact) mass is 273 g/mol. The maximum atomic E-state index is 12.2. The number of sulfone groups is 1. The Bertz CT molecular complexity index is 398. The average Bonchev–Trinajstić information content (AvgIpc) is 2.54. The number of fused-ring (bicyclic) bond motifs is 2. The number of nitrogens with one attached hydrogen (secondary N) is 1. The molecule has 18 heavy (non-hydrogen) atoms. The number of rotatable bonds is 2. The average molecular weight is 273 g/mol. The number of ether oxygens (including phenoxy) is 1. The van der Waals surface area contributed by atoms with Crippen molar-refractivity contribution < 1.29 is 13.2 Å². The molecule has 3 aliphatic rings. The van der Waals surface area contributed by atoms with E-state index in [0.717, 1.165) is 38.8 Å². The summed E-state index contributed by atoms with van der Waals surface area (Å²) in [5.41, 5.74) is -0.203. The molecule has 3 unspecified atom stereocenters. The highest BCUT2D eigenvalue weighted by Crippen LogP contribution is 2.47. The Labute approximate surface area is 109 Å². The van der Waals surface area contributed by atoms with Crippen LogP contribution in [-0.2, 0) is 14.6 Å². The molecular weight excluding hydrogens is 250 g/mol. The van der Waals surface area contributed by atoms with Crippen LogP contribution < -0.4 is 5.32 Å². The van der Waals surface area contributed by atoms with Crippen LogP contribution in [-0.4, -0.2) is 43.7 Å². The number of hydrogen-bond donors (Lipinski definition) is 1. The van der Waals surface area contributed by atoms with Crippen molar-refractivity contribution in [3.8, 4) is 0 Å². The van der Waals surface area contributed by atoms with Crippen LogP contribution in [0.25, 0.3) is 0 Å². The molecule has 3 heterocycles. The standard InChI is InChI=1S/C13H23NO3S/c1-2-3-12-13(17-7-6-14-12)8-10-4-5-11(9-13)18(10,15)16/h10-12,14H,2-9H2,1H3. The van der Waals surface area contributed by atoms with E-state index >= 15 is 0 Å². The molecule has 4 nitrogen and oxygen atoms in total. The van der Waals surface area contributed by atoms with E-state index in [0.29, 0.717) is 18.9 Å². The van der Waals surface area contributed by atoms with Gasteiger partial charge in [-0.25, -0.2) is 8.42 Å². The highest BCUT2D eigenvalue weighted by atomic mass is 32.2. The van der Waals surface area contributed by atoms with E-state index in [1.807, 2.05) is 0 Å². The van der Waals surface area contributed by atoms with E-state index in [4.69, 9.17) is 4.74 Å². The van der Waals surface area contributed by atoms with Gasteiger partial charge in [0.15, 0.2) is 9.84 Å². The molecule has 0 aliphatic carbocycles. The summed E-state index contributed by atoms with van der Waals surface area (Å²) >= 11 is 0. The van der Waals surface area contributed by atoms with Gasteiger partial charge in [-0.3, -0.25) is 0 Å². The lowest BCUT2D eigenvalue weighted by atomic mass is 9.82. The van der Waals surface area contributed by atoms with Crippen molar-refractivity contribution in [1.29, 1.82) is 0 Å². The van der Waals surface area contributed by atoms with Gasteiger partial charge in [0, 0.05) is 12.6 Å². The normalized spacial score (nSPS) is 46.4. The highest BCUT2D eigenvalue weighted by Gasteiger charge is 2.56. The topological polar surface area (TPSA) is 55.4 Å². The molecule has 0 amide bonds. The zero-order valence-corrected chi connectivity index (χ0v) is 11.8. The quantitative estimate of drug-likeness (QED) is 0.823. The Kier molecular flexibility index (Phi) is 3.19. The third kappa shape index (κ3) is 1.82. The lowest BCUT2D eigenvalue weighted by Gasteiger charge is -2.48. The van der Waals surface area contributed by atoms with Crippen LogP contribution in [0.15, 0.2) is 0 Å². The number of morpholine rings is 1.